The number of hydrogen-bond acceptors (Lipinski definition) is 4. The van der Waals surface area contributed by atoms with E-state index in [9.17, 15) is 20.1 Å². The molecule has 2 rings (SSSR count). The van der Waals surface area contributed by atoms with Gasteiger partial charge >= 0.3 is 0 Å². The molecule has 19 heavy (non-hydrogen) atoms. The van der Waals surface area contributed by atoms with Crippen LogP contribution in [0.15, 0.2) is 48.8 Å². The van der Waals surface area contributed by atoms with Gasteiger partial charge in [-0.05, 0) is 12.1 Å². The lowest BCUT2D eigenvalue weighted by Crippen LogP contribution is -2.25. The maximum absolute atomic E-state index is 11.8. The highest BCUT2D eigenvalue weighted by Gasteiger charge is 2.09. The quantitative estimate of drug-likeness (QED) is 0.390. The maximum Gasteiger partial charge on any atom is 0.269 e. The highest BCUT2D eigenvalue weighted by molar-refractivity contribution is 6.04. The van der Waals surface area contributed by atoms with Crippen LogP contribution in [0.2, 0.25) is 0 Å². The number of rotatable bonds is 3. The Hall–Kier alpha value is -2.96. The Morgan fingerprint density at radius 1 is 1.11 bits per heavy atom. The Balaban J connectivity index is 2.10. The van der Waals surface area contributed by atoms with Crippen molar-refractivity contribution in [1.82, 2.24) is 0 Å². The van der Waals surface area contributed by atoms with Crippen LogP contribution >= 0.6 is 0 Å². The molecule has 0 saturated heterocycles. The monoisotopic (exact) mass is 259 g/mol. The summed E-state index contributed by atoms with van der Waals surface area (Å²) in [6.07, 6.45) is 2.43. The molecule has 7 nitrogen and oxygen atoms in total. The Morgan fingerprint density at radius 3 is 2.21 bits per heavy atom. The summed E-state index contributed by atoms with van der Waals surface area (Å²) >= 11 is 0. The molecule has 2 aromatic rings. The minimum Gasteiger partial charge on any atom is -0.619 e. The molecule has 0 radical (unpaired) electrons. The Labute approximate surface area is 107 Å². The summed E-state index contributed by atoms with van der Waals surface area (Å²) in [6.45, 7) is 0. The van der Waals surface area contributed by atoms with Gasteiger partial charge in [0.05, 0.1) is 10.5 Å². The summed E-state index contributed by atoms with van der Waals surface area (Å²) in [4.78, 5) is 21.7. The second kappa shape index (κ2) is 5.13. The molecular formula is C12H9N3O4. The number of carbonyl (C=O) groups excluding carboxylic acids is 1. The molecule has 1 amide bonds. The Bertz CT molecular complexity index is 608. The molecule has 0 unspecified atom stereocenters. The van der Waals surface area contributed by atoms with E-state index < -0.39 is 10.8 Å². The normalized spacial score (nSPS) is 9.89. The molecule has 1 aromatic heterocycles. The maximum atomic E-state index is 11.8. The first-order chi connectivity index (χ1) is 9.06. The minimum atomic E-state index is -0.518. The zero-order valence-electron chi connectivity index (χ0n) is 9.65. The molecule has 1 heterocycles. The van der Waals surface area contributed by atoms with Crippen LogP contribution in [0.3, 0.4) is 0 Å². The SMILES string of the molecule is O=C(Nc1ccc([N+](=O)[O-])cc1)c1cc[n+]([O-])cc1. The largest absolute Gasteiger partial charge is 0.619 e. The third kappa shape index (κ3) is 3.03. The van der Waals surface area contributed by atoms with Crippen molar-refractivity contribution in [2.24, 2.45) is 0 Å². The van der Waals surface area contributed by atoms with Gasteiger partial charge in [0.25, 0.3) is 11.6 Å². The van der Waals surface area contributed by atoms with Gasteiger partial charge in [-0.2, -0.15) is 4.73 Å². The van der Waals surface area contributed by atoms with Crippen molar-refractivity contribution >= 4 is 17.3 Å². The number of nitro benzene ring substituents is 1. The third-order valence-corrected chi connectivity index (χ3v) is 2.40. The molecule has 0 saturated carbocycles. The number of non-ortho nitro benzene ring substituents is 1. The van der Waals surface area contributed by atoms with E-state index in [-0.39, 0.29) is 5.69 Å². The fourth-order valence-corrected chi connectivity index (χ4v) is 1.43. The van der Waals surface area contributed by atoms with E-state index in [1.807, 2.05) is 0 Å². The number of nitrogens with zero attached hydrogens (tertiary/aromatic N) is 2. The number of hydrogen-bond donors (Lipinski definition) is 1. The molecule has 0 aliphatic heterocycles. The van der Waals surface area contributed by atoms with Gasteiger partial charge < -0.3 is 10.5 Å². The Morgan fingerprint density at radius 2 is 1.68 bits per heavy atom. The predicted octanol–water partition coefficient (Wildman–Crippen LogP) is 1.48. The van der Waals surface area contributed by atoms with Crippen LogP contribution in [0.1, 0.15) is 10.4 Å². The van der Waals surface area contributed by atoms with E-state index in [0.29, 0.717) is 16.0 Å². The lowest BCUT2D eigenvalue weighted by Gasteiger charge is -2.04. The Kier molecular flexibility index (Phi) is 3.37. The van der Waals surface area contributed by atoms with Crippen LogP contribution in [0.4, 0.5) is 11.4 Å². The zero-order valence-corrected chi connectivity index (χ0v) is 9.65. The standard InChI is InChI=1S/C12H9N3O4/c16-12(9-5-7-14(17)8-6-9)13-10-1-3-11(4-2-10)15(18)19/h1-8H,(H,13,16). The molecule has 96 valence electrons. The second-order valence-corrected chi connectivity index (χ2v) is 3.70. The number of benzene rings is 1. The molecule has 1 aromatic carbocycles. The fraction of sp³-hybridized carbons (Fsp3) is 0. The van der Waals surface area contributed by atoms with Crippen molar-refractivity contribution < 1.29 is 14.4 Å². The van der Waals surface area contributed by atoms with E-state index in [4.69, 9.17) is 0 Å². The molecule has 1 N–H and O–H groups in total. The predicted molar refractivity (Wildman–Crippen MR) is 66.5 cm³/mol. The lowest BCUT2D eigenvalue weighted by atomic mass is 10.2. The minimum absolute atomic E-state index is 0.0508. The number of anilines is 1. The van der Waals surface area contributed by atoms with Gasteiger partial charge in [0.2, 0.25) is 0 Å². The van der Waals surface area contributed by atoms with Crippen LogP contribution in [-0.4, -0.2) is 10.8 Å². The smallest absolute Gasteiger partial charge is 0.269 e. The van der Waals surface area contributed by atoms with Gasteiger partial charge in [0.15, 0.2) is 12.4 Å². The van der Waals surface area contributed by atoms with Gasteiger partial charge in [0.1, 0.15) is 0 Å². The number of carbonyl (C=O) groups is 1. The highest BCUT2D eigenvalue weighted by atomic mass is 16.6. The molecule has 7 heteroatoms. The van der Waals surface area contributed by atoms with E-state index in [0.717, 1.165) is 0 Å². The van der Waals surface area contributed by atoms with Crippen LogP contribution in [0.25, 0.3) is 0 Å². The van der Waals surface area contributed by atoms with Gasteiger partial charge in [-0.3, -0.25) is 14.9 Å². The van der Waals surface area contributed by atoms with Crippen molar-refractivity contribution in [2.75, 3.05) is 5.32 Å². The summed E-state index contributed by atoms with van der Waals surface area (Å²) in [7, 11) is 0. The van der Waals surface area contributed by atoms with E-state index in [2.05, 4.69) is 5.32 Å². The zero-order chi connectivity index (χ0) is 13.8. The van der Waals surface area contributed by atoms with Crippen molar-refractivity contribution in [3.63, 3.8) is 0 Å². The summed E-state index contributed by atoms with van der Waals surface area (Å²) in [5.74, 6) is -0.394. The first kappa shape index (κ1) is 12.5. The van der Waals surface area contributed by atoms with Crippen molar-refractivity contribution in [2.45, 2.75) is 0 Å². The summed E-state index contributed by atoms with van der Waals surface area (Å²) in [5.41, 5.74) is 0.713. The van der Waals surface area contributed by atoms with Crippen molar-refractivity contribution in [3.05, 3.63) is 69.7 Å². The van der Waals surface area contributed by atoms with Gasteiger partial charge in [0, 0.05) is 30.0 Å². The number of pyridine rings is 1. The first-order valence-electron chi connectivity index (χ1n) is 5.31. The van der Waals surface area contributed by atoms with Crippen LogP contribution in [-0.2, 0) is 0 Å². The molecule has 0 fully saturated rings. The van der Waals surface area contributed by atoms with E-state index in [1.165, 1.54) is 48.8 Å². The summed E-state index contributed by atoms with van der Waals surface area (Å²) < 4.78 is 0.572. The second-order valence-electron chi connectivity index (χ2n) is 3.70. The third-order valence-electron chi connectivity index (χ3n) is 2.40. The number of nitrogens with one attached hydrogen (secondary N) is 1. The summed E-state index contributed by atoms with van der Waals surface area (Å²) in [6, 6.07) is 8.24. The van der Waals surface area contributed by atoms with Crippen LogP contribution < -0.4 is 10.0 Å². The van der Waals surface area contributed by atoms with Crippen molar-refractivity contribution in [3.8, 4) is 0 Å². The van der Waals surface area contributed by atoms with Crippen LogP contribution in [0, 0.1) is 15.3 Å². The van der Waals surface area contributed by atoms with Crippen LogP contribution in [0.5, 0.6) is 0 Å². The first-order valence-corrected chi connectivity index (χ1v) is 5.31. The summed E-state index contributed by atoms with van der Waals surface area (Å²) in [5, 5.41) is 23.9. The van der Waals surface area contributed by atoms with Gasteiger partial charge in [-0.1, -0.05) is 0 Å². The average molecular weight is 259 g/mol. The van der Waals surface area contributed by atoms with Gasteiger partial charge in [-0.25, -0.2) is 0 Å². The topological polar surface area (TPSA) is 99.2 Å². The molecule has 0 spiro atoms. The fourth-order valence-electron chi connectivity index (χ4n) is 1.43. The number of nitro groups is 1. The van der Waals surface area contributed by atoms with E-state index >= 15 is 0 Å². The average Bonchev–Trinajstić information content (AvgIpc) is 2.40. The molecule has 0 aliphatic rings. The molecule has 0 atom stereocenters. The van der Waals surface area contributed by atoms with Crippen molar-refractivity contribution in [1.29, 1.82) is 0 Å². The van der Waals surface area contributed by atoms with Gasteiger partial charge in [-0.15, -0.1) is 0 Å². The molecule has 0 aliphatic carbocycles. The number of aromatic nitrogens is 1. The van der Waals surface area contributed by atoms with E-state index in [1.54, 1.807) is 0 Å². The highest BCUT2D eigenvalue weighted by Crippen LogP contribution is 2.15. The lowest BCUT2D eigenvalue weighted by molar-refractivity contribution is -0.605. The molecule has 0 bridgehead atoms. The molecular weight excluding hydrogens is 250 g/mol. The number of amides is 1.